The molecule has 0 aliphatic heterocycles. The fourth-order valence-electron chi connectivity index (χ4n) is 1.69. The van der Waals surface area contributed by atoms with Crippen LogP contribution < -0.4 is 5.73 Å². The normalized spacial score (nSPS) is 10.6. The molecule has 0 saturated heterocycles. The van der Waals surface area contributed by atoms with Crippen molar-refractivity contribution in [1.29, 1.82) is 0 Å². The summed E-state index contributed by atoms with van der Waals surface area (Å²) in [5, 5.41) is 1.27. The fourth-order valence-corrected chi connectivity index (χ4v) is 2.51. The maximum atomic E-state index is 6.27. The van der Waals surface area contributed by atoms with Crippen LogP contribution in [0.2, 0.25) is 10.0 Å². The number of benzene rings is 2. The molecule has 2 N–H and O–H groups in total. The molecular formula is C13H10BrCl2N. The second kappa shape index (κ2) is 4.89. The van der Waals surface area contributed by atoms with E-state index >= 15 is 0 Å². The molecule has 1 nitrogen and oxygen atoms in total. The van der Waals surface area contributed by atoms with E-state index in [1.54, 1.807) is 6.07 Å². The van der Waals surface area contributed by atoms with E-state index in [1.807, 2.05) is 31.2 Å². The predicted molar refractivity (Wildman–Crippen MR) is 78.7 cm³/mol. The van der Waals surface area contributed by atoms with Crippen LogP contribution in [0.15, 0.2) is 34.8 Å². The van der Waals surface area contributed by atoms with E-state index in [0.717, 1.165) is 21.2 Å². The Bertz CT molecular complexity index is 582. The molecule has 4 heteroatoms. The highest BCUT2D eigenvalue weighted by Crippen LogP contribution is 2.38. The first kappa shape index (κ1) is 12.7. The van der Waals surface area contributed by atoms with Crippen LogP contribution in [0.1, 0.15) is 5.56 Å². The van der Waals surface area contributed by atoms with Crippen molar-refractivity contribution in [1.82, 2.24) is 0 Å². The molecule has 2 rings (SSSR count). The first-order valence-electron chi connectivity index (χ1n) is 5.00. The van der Waals surface area contributed by atoms with Crippen molar-refractivity contribution in [2.24, 2.45) is 0 Å². The minimum absolute atomic E-state index is 0.610. The van der Waals surface area contributed by atoms with E-state index in [4.69, 9.17) is 28.9 Å². The number of hydrogen-bond acceptors (Lipinski definition) is 1. The van der Waals surface area contributed by atoms with Crippen molar-refractivity contribution < 1.29 is 0 Å². The molecule has 2 aromatic rings. The van der Waals surface area contributed by atoms with Crippen molar-refractivity contribution in [2.75, 3.05) is 5.73 Å². The predicted octanol–water partition coefficient (Wildman–Crippen LogP) is 5.31. The molecule has 0 heterocycles. The molecule has 0 bridgehead atoms. The summed E-state index contributed by atoms with van der Waals surface area (Å²) >= 11 is 15.7. The lowest BCUT2D eigenvalue weighted by atomic mass is 9.99. The van der Waals surface area contributed by atoms with Gasteiger partial charge >= 0.3 is 0 Å². The lowest BCUT2D eigenvalue weighted by molar-refractivity contribution is 1.45. The molecule has 17 heavy (non-hydrogen) atoms. The molecule has 0 atom stereocenters. The van der Waals surface area contributed by atoms with Crippen molar-refractivity contribution in [3.63, 3.8) is 0 Å². The minimum Gasteiger partial charge on any atom is -0.398 e. The van der Waals surface area contributed by atoms with E-state index in [-0.39, 0.29) is 0 Å². The Balaban J connectivity index is 2.73. The second-order valence-electron chi connectivity index (χ2n) is 3.77. The van der Waals surface area contributed by atoms with Gasteiger partial charge in [-0.3, -0.25) is 0 Å². The van der Waals surface area contributed by atoms with E-state index in [1.165, 1.54) is 0 Å². The van der Waals surface area contributed by atoms with Crippen LogP contribution in [-0.2, 0) is 0 Å². The molecule has 0 radical (unpaired) electrons. The molecule has 2 aromatic carbocycles. The third-order valence-corrected chi connectivity index (χ3v) is 4.17. The highest BCUT2D eigenvalue weighted by atomic mass is 79.9. The number of hydrogen-bond donors (Lipinski definition) is 1. The summed E-state index contributed by atoms with van der Waals surface area (Å²) in [4.78, 5) is 0. The summed E-state index contributed by atoms with van der Waals surface area (Å²) in [6.07, 6.45) is 0. The number of halogens is 3. The topological polar surface area (TPSA) is 26.0 Å². The third kappa shape index (κ3) is 2.44. The van der Waals surface area contributed by atoms with Crippen molar-refractivity contribution in [2.45, 2.75) is 6.92 Å². The molecule has 0 spiro atoms. The van der Waals surface area contributed by atoms with Gasteiger partial charge in [0.1, 0.15) is 0 Å². The smallest absolute Gasteiger partial charge is 0.0626 e. The molecule has 0 aliphatic carbocycles. The van der Waals surface area contributed by atoms with Gasteiger partial charge < -0.3 is 5.73 Å². The van der Waals surface area contributed by atoms with Crippen LogP contribution in [0.25, 0.3) is 11.1 Å². The van der Waals surface area contributed by atoms with E-state index in [2.05, 4.69) is 15.9 Å². The number of nitrogens with two attached hydrogens (primary N) is 1. The highest BCUT2D eigenvalue weighted by Gasteiger charge is 2.11. The fraction of sp³-hybridized carbons (Fsp3) is 0.0769. The van der Waals surface area contributed by atoms with Crippen LogP contribution in [0.5, 0.6) is 0 Å². The van der Waals surface area contributed by atoms with Gasteiger partial charge in [0.15, 0.2) is 0 Å². The maximum Gasteiger partial charge on any atom is 0.0626 e. The monoisotopic (exact) mass is 329 g/mol. The summed E-state index contributed by atoms with van der Waals surface area (Å²) < 4.78 is 0.856. The average molecular weight is 331 g/mol. The second-order valence-corrected chi connectivity index (χ2v) is 5.44. The first-order valence-corrected chi connectivity index (χ1v) is 6.55. The Morgan fingerprint density at radius 2 is 1.82 bits per heavy atom. The first-order chi connectivity index (χ1) is 8.00. The van der Waals surface area contributed by atoms with Crippen molar-refractivity contribution in [3.8, 4) is 11.1 Å². The quantitative estimate of drug-likeness (QED) is 0.704. The molecule has 0 aromatic heterocycles. The molecule has 88 valence electrons. The van der Waals surface area contributed by atoms with Gasteiger partial charge in [0.2, 0.25) is 0 Å². The highest BCUT2D eigenvalue weighted by molar-refractivity contribution is 9.10. The van der Waals surface area contributed by atoms with Gasteiger partial charge in [-0.05, 0) is 52.2 Å². The zero-order valence-electron chi connectivity index (χ0n) is 9.10. The van der Waals surface area contributed by atoms with E-state index in [0.29, 0.717) is 15.7 Å². The zero-order chi connectivity index (χ0) is 12.6. The Hall–Kier alpha value is -0.700. The van der Waals surface area contributed by atoms with Gasteiger partial charge in [0.05, 0.1) is 5.02 Å². The van der Waals surface area contributed by atoms with Gasteiger partial charge in [-0.2, -0.15) is 0 Å². The van der Waals surface area contributed by atoms with E-state index in [9.17, 15) is 0 Å². The summed E-state index contributed by atoms with van der Waals surface area (Å²) in [5.41, 5.74) is 9.44. The maximum absolute atomic E-state index is 6.27. The molecule has 0 unspecified atom stereocenters. The summed E-state index contributed by atoms with van der Waals surface area (Å²) in [6, 6.07) is 9.40. The van der Waals surface area contributed by atoms with Crippen LogP contribution in [0.4, 0.5) is 5.69 Å². The van der Waals surface area contributed by atoms with Crippen LogP contribution in [0, 0.1) is 6.92 Å². The van der Waals surface area contributed by atoms with Gasteiger partial charge in [-0.15, -0.1) is 0 Å². The van der Waals surface area contributed by atoms with Gasteiger partial charge in [-0.1, -0.05) is 35.3 Å². The summed E-state index contributed by atoms with van der Waals surface area (Å²) in [6.45, 7) is 1.96. The Labute approximate surface area is 119 Å². The molecule has 0 fully saturated rings. The largest absolute Gasteiger partial charge is 0.398 e. The van der Waals surface area contributed by atoms with Crippen LogP contribution in [-0.4, -0.2) is 0 Å². The lowest BCUT2D eigenvalue weighted by Gasteiger charge is -2.12. The lowest BCUT2D eigenvalue weighted by Crippen LogP contribution is -1.93. The van der Waals surface area contributed by atoms with Gasteiger partial charge in [-0.25, -0.2) is 0 Å². The van der Waals surface area contributed by atoms with Crippen LogP contribution in [0.3, 0.4) is 0 Å². The number of rotatable bonds is 1. The van der Waals surface area contributed by atoms with E-state index < -0.39 is 0 Å². The number of anilines is 1. The minimum atomic E-state index is 0.610. The third-order valence-electron chi connectivity index (χ3n) is 2.65. The summed E-state index contributed by atoms with van der Waals surface area (Å²) in [5.74, 6) is 0. The molecular weight excluding hydrogens is 321 g/mol. The Morgan fingerprint density at radius 1 is 1.12 bits per heavy atom. The molecule has 0 aliphatic rings. The SMILES string of the molecule is Cc1c(N)cc(Cl)cc1-c1cccc(Br)c1Cl. The average Bonchev–Trinajstić information content (AvgIpc) is 2.27. The summed E-state index contributed by atoms with van der Waals surface area (Å²) in [7, 11) is 0. The van der Waals surface area contributed by atoms with Crippen LogP contribution >= 0.6 is 39.1 Å². The number of nitrogen functional groups attached to an aromatic ring is 1. The Morgan fingerprint density at radius 3 is 2.53 bits per heavy atom. The standard InChI is InChI=1S/C13H10BrCl2N/c1-7-10(5-8(15)6-12(7)17)9-3-2-4-11(14)13(9)16/h2-6H,17H2,1H3. The van der Waals surface area contributed by atoms with Crippen molar-refractivity contribution >= 4 is 44.8 Å². The molecule has 0 amide bonds. The van der Waals surface area contributed by atoms with Gasteiger partial charge in [0, 0.05) is 20.7 Å². The Kier molecular flexibility index (Phi) is 3.67. The van der Waals surface area contributed by atoms with Gasteiger partial charge in [0.25, 0.3) is 0 Å². The molecule has 0 saturated carbocycles. The zero-order valence-corrected chi connectivity index (χ0v) is 12.2. The van der Waals surface area contributed by atoms with Crippen molar-refractivity contribution in [3.05, 3.63) is 50.4 Å².